The van der Waals surface area contributed by atoms with Crippen LogP contribution < -0.4 is 5.56 Å². The molecule has 0 radical (unpaired) electrons. The SMILES string of the molecule is CCCCCn1c2cc(-c3cnn(Cc4ccn5ccnc5c4)c3)[nH]c2c(=O)n2c(C)nnc12. The first-order valence-electron chi connectivity index (χ1n) is 11.5. The van der Waals surface area contributed by atoms with E-state index in [9.17, 15) is 4.79 Å². The van der Waals surface area contributed by atoms with Gasteiger partial charge in [-0.3, -0.25) is 9.48 Å². The Hall–Kier alpha value is -4.21. The number of imidazole rings is 1. The number of fused-ring (bicyclic) bond motifs is 3. The maximum atomic E-state index is 13.2. The molecule has 0 fully saturated rings. The van der Waals surface area contributed by atoms with E-state index >= 15 is 0 Å². The molecule has 172 valence electrons. The van der Waals surface area contributed by atoms with Crippen molar-refractivity contribution in [3.8, 4) is 11.3 Å². The summed E-state index contributed by atoms with van der Waals surface area (Å²) in [4.78, 5) is 20.9. The third-order valence-corrected chi connectivity index (χ3v) is 6.29. The Balaban J connectivity index is 1.39. The Labute approximate surface area is 194 Å². The van der Waals surface area contributed by atoms with Gasteiger partial charge in [0.05, 0.1) is 24.0 Å². The van der Waals surface area contributed by atoms with Crippen molar-refractivity contribution in [2.24, 2.45) is 0 Å². The number of pyridine rings is 1. The summed E-state index contributed by atoms with van der Waals surface area (Å²) in [6.45, 7) is 5.39. The fourth-order valence-electron chi connectivity index (χ4n) is 4.53. The summed E-state index contributed by atoms with van der Waals surface area (Å²) in [5, 5.41) is 13.0. The summed E-state index contributed by atoms with van der Waals surface area (Å²) >= 11 is 0. The number of unbranched alkanes of at least 4 members (excludes halogenated alkanes) is 2. The smallest absolute Gasteiger partial charge is 0.284 e. The molecule has 6 rings (SSSR count). The van der Waals surface area contributed by atoms with E-state index in [1.165, 1.54) is 0 Å². The molecule has 34 heavy (non-hydrogen) atoms. The monoisotopic (exact) mass is 455 g/mol. The van der Waals surface area contributed by atoms with E-state index in [-0.39, 0.29) is 5.56 Å². The summed E-state index contributed by atoms with van der Waals surface area (Å²) in [5.74, 6) is 1.17. The van der Waals surface area contributed by atoms with E-state index in [1.54, 1.807) is 17.5 Å². The van der Waals surface area contributed by atoms with E-state index in [4.69, 9.17) is 0 Å². The van der Waals surface area contributed by atoms with Gasteiger partial charge in [0.1, 0.15) is 17.0 Å². The van der Waals surface area contributed by atoms with E-state index in [1.807, 2.05) is 39.9 Å². The van der Waals surface area contributed by atoms with Crippen LogP contribution in [-0.2, 0) is 13.1 Å². The number of nitrogens with zero attached hydrogens (tertiary/aromatic N) is 8. The number of rotatable bonds is 7. The standard InChI is InChI=1S/C24H25N9O/c1-3-4-5-8-32-20-12-19(27-22(20)23(34)33-16(2)28-29-24(32)33)18-13-26-31(15-18)14-17-6-9-30-10-7-25-21(30)11-17/h6-7,9-13,15,27H,3-5,8,14H2,1-2H3. The highest BCUT2D eigenvalue weighted by Crippen LogP contribution is 2.24. The number of hydrogen-bond donors (Lipinski definition) is 1. The molecule has 0 unspecified atom stereocenters. The van der Waals surface area contributed by atoms with Gasteiger partial charge < -0.3 is 14.0 Å². The maximum Gasteiger partial charge on any atom is 0.284 e. The lowest BCUT2D eigenvalue weighted by molar-refractivity contribution is 0.615. The summed E-state index contributed by atoms with van der Waals surface area (Å²) in [5.41, 5.74) is 5.06. The molecule has 0 amide bonds. The number of aromatic amines is 1. The van der Waals surface area contributed by atoms with Gasteiger partial charge in [-0.15, -0.1) is 10.2 Å². The zero-order valence-electron chi connectivity index (χ0n) is 19.1. The first-order valence-corrected chi connectivity index (χ1v) is 11.5. The number of aromatic nitrogens is 9. The highest BCUT2D eigenvalue weighted by Gasteiger charge is 2.18. The van der Waals surface area contributed by atoms with Gasteiger partial charge in [0.25, 0.3) is 5.56 Å². The van der Waals surface area contributed by atoms with Gasteiger partial charge in [-0.2, -0.15) is 5.10 Å². The van der Waals surface area contributed by atoms with Crippen molar-refractivity contribution < 1.29 is 0 Å². The average molecular weight is 456 g/mol. The molecule has 1 N–H and O–H groups in total. The third kappa shape index (κ3) is 3.30. The minimum Gasteiger partial charge on any atom is -0.349 e. The molecule has 0 atom stereocenters. The van der Waals surface area contributed by atoms with Crippen molar-refractivity contribution in [1.29, 1.82) is 0 Å². The normalized spacial score (nSPS) is 11.9. The van der Waals surface area contributed by atoms with Gasteiger partial charge in [0.15, 0.2) is 0 Å². The molecule has 10 heteroatoms. The van der Waals surface area contributed by atoms with Crippen LogP contribution >= 0.6 is 0 Å². The minimum absolute atomic E-state index is 0.133. The van der Waals surface area contributed by atoms with Crippen molar-refractivity contribution in [1.82, 2.24) is 43.3 Å². The summed E-state index contributed by atoms with van der Waals surface area (Å²) in [6.07, 6.45) is 12.8. The molecule has 0 saturated heterocycles. The average Bonchev–Trinajstić information content (AvgIpc) is 3.62. The lowest BCUT2D eigenvalue weighted by atomic mass is 10.2. The molecule has 6 aromatic heterocycles. The van der Waals surface area contributed by atoms with Gasteiger partial charge in [0, 0.05) is 36.9 Å². The summed E-state index contributed by atoms with van der Waals surface area (Å²) < 4.78 is 7.55. The first kappa shape index (κ1) is 20.4. The van der Waals surface area contributed by atoms with Crippen LogP contribution in [0, 0.1) is 6.92 Å². The number of hydrogen-bond acceptors (Lipinski definition) is 5. The van der Waals surface area contributed by atoms with Crippen LogP contribution in [0.3, 0.4) is 0 Å². The van der Waals surface area contributed by atoms with Crippen LogP contribution in [0.5, 0.6) is 0 Å². The molecular weight excluding hydrogens is 430 g/mol. The van der Waals surface area contributed by atoms with Gasteiger partial charge >= 0.3 is 0 Å². The molecule has 0 aliphatic heterocycles. The van der Waals surface area contributed by atoms with E-state index in [0.717, 1.165) is 53.8 Å². The molecule has 6 aromatic rings. The Morgan fingerprint density at radius 2 is 2.03 bits per heavy atom. The molecule has 0 bridgehead atoms. The molecule has 6 heterocycles. The highest BCUT2D eigenvalue weighted by molar-refractivity contribution is 5.83. The Morgan fingerprint density at radius 1 is 1.12 bits per heavy atom. The van der Waals surface area contributed by atoms with Crippen molar-refractivity contribution in [3.05, 3.63) is 70.9 Å². The first-order chi connectivity index (χ1) is 16.6. The van der Waals surface area contributed by atoms with Gasteiger partial charge in [-0.25, -0.2) is 9.38 Å². The second-order valence-electron chi connectivity index (χ2n) is 8.64. The molecule has 0 aliphatic carbocycles. The fourth-order valence-corrected chi connectivity index (χ4v) is 4.53. The topological polar surface area (TPSA) is 103 Å². The summed E-state index contributed by atoms with van der Waals surface area (Å²) in [6, 6.07) is 6.14. The van der Waals surface area contributed by atoms with Gasteiger partial charge in [-0.05, 0) is 37.1 Å². The zero-order chi connectivity index (χ0) is 23.2. The van der Waals surface area contributed by atoms with Crippen LogP contribution in [0.4, 0.5) is 0 Å². The summed E-state index contributed by atoms with van der Waals surface area (Å²) in [7, 11) is 0. The Bertz CT molecular complexity index is 1690. The molecule has 0 spiro atoms. The Kier molecular flexibility index (Phi) is 4.79. The molecular formula is C24H25N9O. The van der Waals surface area contributed by atoms with Crippen molar-refractivity contribution in [3.63, 3.8) is 0 Å². The maximum absolute atomic E-state index is 13.2. The molecule has 10 nitrogen and oxygen atoms in total. The van der Waals surface area contributed by atoms with Crippen LogP contribution in [0.15, 0.2) is 54.0 Å². The predicted octanol–water partition coefficient (Wildman–Crippen LogP) is 3.43. The van der Waals surface area contributed by atoms with Crippen LogP contribution in [-0.4, -0.2) is 43.3 Å². The number of H-pyrrole nitrogens is 1. The van der Waals surface area contributed by atoms with E-state index in [2.05, 4.69) is 48.9 Å². The van der Waals surface area contributed by atoms with Crippen LogP contribution in [0.25, 0.3) is 33.7 Å². The third-order valence-electron chi connectivity index (χ3n) is 6.29. The van der Waals surface area contributed by atoms with Crippen LogP contribution in [0.1, 0.15) is 37.6 Å². The number of aryl methyl sites for hydroxylation is 2. The molecule has 0 aliphatic rings. The van der Waals surface area contributed by atoms with Crippen molar-refractivity contribution >= 4 is 22.5 Å². The van der Waals surface area contributed by atoms with Gasteiger partial charge in [0.2, 0.25) is 5.78 Å². The minimum atomic E-state index is -0.133. The van der Waals surface area contributed by atoms with Crippen LogP contribution in [0.2, 0.25) is 0 Å². The highest BCUT2D eigenvalue weighted by atomic mass is 16.1. The van der Waals surface area contributed by atoms with Crippen molar-refractivity contribution in [2.45, 2.75) is 46.2 Å². The Morgan fingerprint density at radius 3 is 2.91 bits per heavy atom. The molecule has 0 saturated carbocycles. The zero-order valence-corrected chi connectivity index (χ0v) is 19.1. The lowest BCUT2D eigenvalue weighted by Gasteiger charge is -2.09. The number of nitrogens with one attached hydrogen (secondary N) is 1. The quantitative estimate of drug-likeness (QED) is 0.372. The lowest BCUT2D eigenvalue weighted by Crippen LogP contribution is -2.19. The van der Waals surface area contributed by atoms with E-state index < -0.39 is 0 Å². The molecule has 0 aromatic carbocycles. The largest absolute Gasteiger partial charge is 0.349 e. The fraction of sp³-hybridized carbons (Fsp3) is 0.292. The second-order valence-corrected chi connectivity index (χ2v) is 8.64. The van der Waals surface area contributed by atoms with Crippen molar-refractivity contribution in [2.75, 3.05) is 0 Å². The van der Waals surface area contributed by atoms with Gasteiger partial charge in [-0.1, -0.05) is 19.8 Å². The second kappa shape index (κ2) is 7.98. The predicted molar refractivity (Wildman–Crippen MR) is 129 cm³/mol. The van der Waals surface area contributed by atoms with E-state index in [0.29, 0.717) is 23.7 Å².